The van der Waals surface area contributed by atoms with E-state index in [1.54, 1.807) is 6.20 Å². The Kier molecular flexibility index (Phi) is 3.31. The minimum Gasteiger partial charge on any atom is -0.409 e. The molecule has 5 heteroatoms. The number of hydrogen-bond donors (Lipinski definition) is 2. The standard InChI is InChI=1S/C16H16N4O/c1-11-3-2-7-18-14(11)10-20-8-6-12-4-5-13(9-15(12)20)16(17)19-21/h2-9,21H,10H2,1H3,(H2,17,19). The molecule has 0 aliphatic heterocycles. The monoisotopic (exact) mass is 280 g/mol. The van der Waals surface area contributed by atoms with E-state index in [-0.39, 0.29) is 5.84 Å². The van der Waals surface area contributed by atoms with Gasteiger partial charge in [-0.1, -0.05) is 23.4 Å². The summed E-state index contributed by atoms with van der Waals surface area (Å²) in [6, 6.07) is 11.8. The Morgan fingerprint density at radius 1 is 1.33 bits per heavy atom. The zero-order valence-electron chi connectivity index (χ0n) is 11.7. The van der Waals surface area contributed by atoms with Crippen LogP contribution >= 0.6 is 0 Å². The molecule has 0 bridgehead atoms. The average Bonchev–Trinajstić information content (AvgIpc) is 2.91. The Balaban J connectivity index is 2.05. The number of aromatic nitrogens is 2. The average molecular weight is 280 g/mol. The van der Waals surface area contributed by atoms with Crippen LogP contribution in [0.2, 0.25) is 0 Å². The van der Waals surface area contributed by atoms with Crippen molar-refractivity contribution in [1.82, 2.24) is 9.55 Å². The lowest BCUT2D eigenvalue weighted by Crippen LogP contribution is -2.13. The maximum absolute atomic E-state index is 8.80. The van der Waals surface area contributed by atoms with Gasteiger partial charge in [-0.05, 0) is 36.1 Å². The number of hydrogen-bond acceptors (Lipinski definition) is 3. The van der Waals surface area contributed by atoms with E-state index in [4.69, 9.17) is 10.9 Å². The van der Waals surface area contributed by atoms with Crippen LogP contribution in [0, 0.1) is 6.92 Å². The van der Waals surface area contributed by atoms with Gasteiger partial charge in [0, 0.05) is 23.5 Å². The van der Waals surface area contributed by atoms with Crippen LogP contribution in [-0.2, 0) is 6.54 Å². The molecule has 21 heavy (non-hydrogen) atoms. The van der Waals surface area contributed by atoms with Crippen LogP contribution in [0.15, 0.2) is 53.9 Å². The van der Waals surface area contributed by atoms with E-state index >= 15 is 0 Å². The summed E-state index contributed by atoms with van der Waals surface area (Å²) in [5.74, 6) is 0.110. The molecule has 3 rings (SSSR count). The first kappa shape index (κ1) is 13.2. The smallest absolute Gasteiger partial charge is 0.170 e. The zero-order valence-corrected chi connectivity index (χ0v) is 11.7. The Bertz CT molecular complexity index is 820. The van der Waals surface area contributed by atoms with Crippen LogP contribution in [0.4, 0.5) is 0 Å². The van der Waals surface area contributed by atoms with Crippen molar-refractivity contribution < 1.29 is 5.21 Å². The molecular weight excluding hydrogens is 264 g/mol. The molecule has 106 valence electrons. The number of rotatable bonds is 3. The lowest BCUT2D eigenvalue weighted by molar-refractivity contribution is 0.318. The van der Waals surface area contributed by atoms with Crippen LogP contribution in [0.1, 0.15) is 16.8 Å². The number of oxime groups is 1. The Labute approximate surface area is 122 Å². The highest BCUT2D eigenvalue weighted by Gasteiger charge is 2.07. The van der Waals surface area contributed by atoms with E-state index < -0.39 is 0 Å². The molecule has 0 aliphatic rings. The second kappa shape index (κ2) is 5.28. The summed E-state index contributed by atoms with van der Waals surface area (Å²) in [6.07, 6.45) is 3.82. The fourth-order valence-corrected chi connectivity index (χ4v) is 2.38. The van der Waals surface area contributed by atoms with E-state index in [0.717, 1.165) is 22.2 Å². The maximum atomic E-state index is 8.80. The molecule has 1 aromatic carbocycles. The summed E-state index contributed by atoms with van der Waals surface area (Å²) in [4.78, 5) is 4.42. The van der Waals surface area contributed by atoms with E-state index in [0.29, 0.717) is 12.1 Å². The molecule has 3 N–H and O–H groups in total. The summed E-state index contributed by atoms with van der Waals surface area (Å²) in [5.41, 5.74) is 9.58. The Morgan fingerprint density at radius 3 is 2.95 bits per heavy atom. The summed E-state index contributed by atoms with van der Waals surface area (Å²) >= 11 is 0. The lowest BCUT2D eigenvalue weighted by Gasteiger charge is -2.08. The van der Waals surface area contributed by atoms with Crippen molar-refractivity contribution in [2.45, 2.75) is 13.5 Å². The molecular formula is C16H16N4O. The van der Waals surface area contributed by atoms with Crippen molar-refractivity contribution in [2.75, 3.05) is 0 Å². The van der Waals surface area contributed by atoms with Gasteiger partial charge in [0.25, 0.3) is 0 Å². The quantitative estimate of drug-likeness (QED) is 0.335. The Hall–Kier alpha value is -2.82. The van der Waals surface area contributed by atoms with Crippen LogP contribution < -0.4 is 5.73 Å². The van der Waals surface area contributed by atoms with Crippen molar-refractivity contribution in [2.24, 2.45) is 10.9 Å². The highest BCUT2D eigenvalue weighted by Crippen LogP contribution is 2.19. The minimum atomic E-state index is 0.110. The summed E-state index contributed by atoms with van der Waals surface area (Å²) < 4.78 is 2.11. The molecule has 0 radical (unpaired) electrons. The van der Waals surface area contributed by atoms with Crippen molar-refractivity contribution >= 4 is 16.7 Å². The van der Waals surface area contributed by atoms with E-state index in [2.05, 4.69) is 27.7 Å². The third-order valence-corrected chi connectivity index (χ3v) is 3.62. The normalized spacial score (nSPS) is 12.0. The van der Waals surface area contributed by atoms with Gasteiger partial charge in [0.05, 0.1) is 12.2 Å². The number of nitrogens with zero attached hydrogens (tertiary/aromatic N) is 3. The van der Waals surface area contributed by atoms with E-state index in [1.807, 2.05) is 36.5 Å². The second-order valence-corrected chi connectivity index (χ2v) is 4.97. The zero-order chi connectivity index (χ0) is 14.8. The molecule has 0 atom stereocenters. The number of pyridine rings is 1. The largest absolute Gasteiger partial charge is 0.409 e. The van der Waals surface area contributed by atoms with Gasteiger partial charge in [0.1, 0.15) is 0 Å². The second-order valence-electron chi connectivity index (χ2n) is 4.97. The Morgan fingerprint density at radius 2 is 2.19 bits per heavy atom. The number of fused-ring (bicyclic) bond motifs is 1. The molecule has 0 aliphatic carbocycles. The SMILES string of the molecule is Cc1cccnc1Cn1ccc2ccc(/C(N)=N/O)cc21. The molecule has 0 amide bonds. The molecule has 2 aromatic heterocycles. The maximum Gasteiger partial charge on any atom is 0.170 e. The van der Waals surface area contributed by atoms with Crippen LogP contribution in [-0.4, -0.2) is 20.6 Å². The van der Waals surface area contributed by atoms with E-state index in [1.165, 1.54) is 0 Å². The number of aryl methyl sites for hydroxylation is 1. The predicted molar refractivity (Wildman–Crippen MR) is 82.5 cm³/mol. The fourth-order valence-electron chi connectivity index (χ4n) is 2.38. The van der Waals surface area contributed by atoms with Gasteiger partial charge in [-0.2, -0.15) is 0 Å². The predicted octanol–water partition coefficient (Wildman–Crippen LogP) is 2.49. The number of nitrogens with two attached hydrogens (primary N) is 1. The van der Waals surface area contributed by atoms with Gasteiger partial charge < -0.3 is 15.5 Å². The molecule has 0 spiro atoms. The van der Waals surface area contributed by atoms with Gasteiger partial charge in [-0.25, -0.2) is 0 Å². The molecule has 0 unspecified atom stereocenters. The van der Waals surface area contributed by atoms with E-state index in [9.17, 15) is 0 Å². The molecule has 2 heterocycles. The molecule has 5 nitrogen and oxygen atoms in total. The summed E-state index contributed by atoms with van der Waals surface area (Å²) in [7, 11) is 0. The van der Waals surface area contributed by atoms with Crippen LogP contribution in [0.3, 0.4) is 0 Å². The minimum absolute atomic E-state index is 0.110. The van der Waals surface area contributed by atoms with Crippen LogP contribution in [0.25, 0.3) is 10.9 Å². The first-order valence-electron chi connectivity index (χ1n) is 6.66. The molecule has 3 aromatic rings. The van der Waals surface area contributed by atoms with Gasteiger partial charge in [-0.3, -0.25) is 4.98 Å². The van der Waals surface area contributed by atoms with Crippen molar-refractivity contribution in [3.8, 4) is 0 Å². The fraction of sp³-hybridized carbons (Fsp3) is 0.125. The highest BCUT2D eigenvalue weighted by atomic mass is 16.4. The number of benzene rings is 1. The summed E-state index contributed by atoms with van der Waals surface area (Å²) in [6.45, 7) is 2.74. The summed E-state index contributed by atoms with van der Waals surface area (Å²) in [5, 5.41) is 13.0. The molecule has 0 saturated heterocycles. The van der Waals surface area contributed by atoms with Crippen molar-refractivity contribution in [1.29, 1.82) is 0 Å². The highest BCUT2D eigenvalue weighted by molar-refractivity contribution is 6.00. The van der Waals surface area contributed by atoms with Crippen molar-refractivity contribution in [3.63, 3.8) is 0 Å². The van der Waals surface area contributed by atoms with Crippen LogP contribution in [0.5, 0.6) is 0 Å². The third kappa shape index (κ3) is 2.45. The number of amidine groups is 1. The van der Waals surface area contributed by atoms with Gasteiger partial charge >= 0.3 is 0 Å². The first-order valence-corrected chi connectivity index (χ1v) is 6.66. The molecule has 0 fully saturated rings. The lowest BCUT2D eigenvalue weighted by atomic mass is 10.1. The third-order valence-electron chi connectivity index (χ3n) is 3.62. The van der Waals surface area contributed by atoms with Gasteiger partial charge in [0.2, 0.25) is 0 Å². The molecule has 0 saturated carbocycles. The topological polar surface area (TPSA) is 76.4 Å². The van der Waals surface area contributed by atoms with Gasteiger partial charge in [0.15, 0.2) is 5.84 Å². The van der Waals surface area contributed by atoms with Crippen molar-refractivity contribution in [3.05, 3.63) is 65.6 Å². The van der Waals surface area contributed by atoms with Gasteiger partial charge in [-0.15, -0.1) is 0 Å². The first-order chi connectivity index (χ1) is 10.2.